The normalized spacial score (nSPS) is 20.4. The van der Waals surface area contributed by atoms with Crippen molar-refractivity contribution in [2.75, 3.05) is 11.4 Å². The lowest BCUT2D eigenvalue weighted by Crippen LogP contribution is -2.46. The molecule has 1 aromatic carbocycles. The van der Waals surface area contributed by atoms with Gasteiger partial charge in [0.15, 0.2) is 17.5 Å². The van der Waals surface area contributed by atoms with Crippen molar-refractivity contribution in [3.8, 4) is 0 Å². The molecule has 0 radical (unpaired) electrons. The van der Waals surface area contributed by atoms with Crippen LogP contribution in [-0.2, 0) is 29.1 Å². The molecule has 1 unspecified atom stereocenters. The van der Waals surface area contributed by atoms with Crippen LogP contribution in [0.2, 0.25) is 0 Å². The zero-order valence-electron chi connectivity index (χ0n) is 17.7. The lowest BCUT2D eigenvalue weighted by molar-refractivity contribution is -0.134. The smallest absolute Gasteiger partial charge is 0.227 e. The number of halogens is 3. The third-order valence-electron chi connectivity index (χ3n) is 6.15. The molecule has 2 aliphatic rings. The van der Waals surface area contributed by atoms with Gasteiger partial charge in [-0.2, -0.15) is 5.10 Å². The molecular formula is C22H20F3N5O2S. The molecule has 2 aliphatic heterocycles. The van der Waals surface area contributed by atoms with Gasteiger partial charge in [-0.1, -0.05) is 0 Å². The summed E-state index contributed by atoms with van der Waals surface area (Å²) in [5.41, 5.74) is 1.44. The van der Waals surface area contributed by atoms with Crippen LogP contribution in [-0.4, -0.2) is 44.1 Å². The summed E-state index contributed by atoms with van der Waals surface area (Å²) in [6.07, 6.45) is 3.46. The fourth-order valence-electron chi connectivity index (χ4n) is 4.47. The minimum absolute atomic E-state index is 0.0107. The number of anilines is 1. The van der Waals surface area contributed by atoms with Crippen molar-refractivity contribution in [2.24, 2.45) is 0 Å². The van der Waals surface area contributed by atoms with Crippen molar-refractivity contribution in [3.63, 3.8) is 0 Å². The second-order valence-electron chi connectivity index (χ2n) is 8.36. The van der Waals surface area contributed by atoms with Crippen LogP contribution >= 0.6 is 11.3 Å². The van der Waals surface area contributed by atoms with Crippen LogP contribution in [0.25, 0.3) is 0 Å². The highest BCUT2D eigenvalue weighted by Crippen LogP contribution is 2.36. The van der Waals surface area contributed by atoms with Crippen molar-refractivity contribution >= 4 is 28.8 Å². The second kappa shape index (κ2) is 8.29. The van der Waals surface area contributed by atoms with Gasteiger partial charge in [0.05, 0.1) is 42.1 Å². The molecular weight excluding hydrogens is 455 g/mol. The first-order valence-electron chi connectivity index (χ1n) is 10.5. The number of amides is 2. The maximum atomic E-state index is 13.6. The monoisotopic (exact) mass is 475 g/mol. The van der Waals surface area contributed by atoms with E-state index in [1.54, 1.807) is 26.9 Å². The zero-order valence-corrected chi connectivity index (χ0v) is 18.5. The highest BCUT2D eigenvalue weighted by molar-refractivity contribution is 7.09. The molecule has 172 valence electrons. The van der Waals surface area contributed by atoms with Gasteiger partial charge in [-0.15, -0.1) is 11.3 Å². The van der Waals surface area contributed by atoms with E-state index in [0.29, 0.717) is 25.2 Å². The predicted molar refractivity (Wildman–Crippen MR) is 114 cm³/mol. The predicted octanol–water partition coefficient (Wildman–Crippen LogP) is 3.25. The number of carbonyl (C=O) groups excluding carboxylic acids is 2. The molecule has 1 fully saturated rings. The number of nitrogens with zero attached hydrogens (tertiary/aromatic N) is 5. The Morgan fingerprint density at radius 1 is 1.21 bits per heavy atom. The number of aromatic nitrogens is 3. The minimum Gasteiger partial charge on any atom is -0.332 e. The number of benzene rings is 1. The van der Waals surface area contributed by atoms with E-state index in [0.717, 1.165) is 22.8 Å². The maximum Gasteiger partial charge on any atom is 0.227 e. The number of fused-ring (bicyclic) bond motifs is 1. The van der Waals surface area contributed by atoms with Gasteiger partial charge in [0.25, 0.3) is 0 Å². The van der Waals surface area contributed by atoms with Gasteiger partial charge in [-0.25, -0.2) is 18.2 Å². The van der Waals surface area contributed by atoms with Gasteiger partial charge >= 0.3 is 0 Å². The van der Waals surface area contributed by atoms with Gasteiger partial charge in [-0.3, -0.25) is 14.3 Å². The van der Waals surface area contributed by atoms with E-state index in [1.165, 1.54) is 11.3 Å². The van der Waals surface area contributed by atoms with Crippen molar-refractivity contribution in [1.82, 2.24) is 19.7 Å². The van der Waals surface area contributed by atoms with Crippen LogP contribution in [0.1, 0.15) is 35.5 Å². The number of hydrogen-bond donors (Lipinski definition) is 0. The zero-order chi connectivity index (χ0) is 23.3. The second-order valence-corrected chi connectivity index (χ2v) is 9.28. The standard InChI is InChI=1S/C22H20F3N5O2S/c1-12-9-30-18(11-28(12)19(31)6-13-4-15(23)21(25)16(24)5-13)17(8-27-30)29-10-14(7-20(29)32)22-26-2-3-33-22/h2-5,8,12,14H,6-7,9-11H2,1H3/t12-,14?/m0/s1. The Morgan fingerprint density at radius 2 is 1.97 bits per heavy atom. The lowest BCUT2D eigenvalue weighted by Gasteiger charge is -2.35. The molecule has 5 rings (SSSR count). The van der Waals surface area contributed by atoms with E-state index < -0.39 is 17.5 Å². The van der Waals surface area contributed by atoms with Crippen LogP contribution < -0.4 is 4.90 Å². The average molecular weight is 475 g/mol. The van der Waals surface area contributed by atoms with Crippen LogP contribution in [0, 0.1) is 17.5 Å². The molecule has 0 bridgehead atoms. The maximum absolute atomic E-state index is 13.6. The van der Waals surface area contributed by atoms with E-state index >= 15 is 0 Å². The largest absolute Gasteiger partial charge is 0.332 e. The van der Waals surface area contributed by atoms with E-state index in [9.17, 15) is 22.8 Å². The minimum atomic E-state index is -1.56. The summed E-state index contributed by atoms with van der Waals surface area (Å²) in [6, 6.07) is 1.45. The molecule has 2 atom stereocenters. The SMILES string of the molecule is C[C@H]1Cn2ncc(N3CC(c4nccs4)CC3=O)c2CN1C(=O)Cc1cc(F)c(F)c(F)c1. The summed E-state index contributed by atoms with van der Waals surface area (Å²) < 4.78 is 42.2. The number of hydrogen-bond acceptors (Lipinski definition) is 5. The molecule has 2 aromatic heterocycles. The Morgan fingerprint density at radius 3 is 2.67 bits per heavy atom. The van der Waals surface area contributed by atoms with Crippen LogP contribution in [0.5, 0.6) is 0 Å². The highest BCUT2D eigenvalue weighted by Gasteiger charge is 2.37. The molecule has 4 heterocycles. The first-order valence-corrected chi connectivity index (χ1v) is 11.4. The Kier molecular flexibility index (Phi) is 5.43. The Bertz CT molecular complexity index is 1210. The molecule has 0 saturated carbocycles. The molecule has 7 nitrogen and oxygen atoms in total. The van der Waals surface area contributed by atoms with Crippen molar-refractivity contribution in [2.45, 2.75) is 44.8 Å². The molecule has 1 saturated heterocycles. The molecule has 11 heteroatoms. The fourth-order valence-corrected chi connectivity index (χ4v) is 5.21. The van der Waals surface area contributed by atoms with Crippen LogP contribution in [0.4, 0.5) is 18.9 Å². The Hall–Kier alpha value is -3.21. The van der Waals surface area contributed by atoms with E-state index in [-0.39, 0.29) is 42.3 Å². The summed E-state index contributed by atoms with van der Waals surface area (Å²) in [6.45, 7) is 2.97. The Labute approximate surface area is 191 Å². The molecule has 3 aromatic rings. The molecule has 0 aliphatic carbocycles. The molecule has 2 amide bonds. The van der Waals surface area contributed by atoms with Crippen molar-refractivity contribution < 1.29 is 22.8 Å². The van der Waals surface area contributed by atoms with Gasteiger partial charge in [0.2, 0.25) is 11.8 Å². The van der Waals surface area contributed by atoms with Crippen LogP contribution in [0.15, 0.2) is 29.9 Å². The number of carbonyl (C=O) groups is 2. The number of rotatable bonds is 4. The van der Waals surface area contributed by atoms with Crippen molar-refractivity contribution in [3.05, 3.63) is 63.6 Å². The van der Waals surface area contributed by atoms with Gasteiger partial charge in [0.1, 0.15) is 0 Å². The highest BCUT2D eigenvalue weighted by atomic mass is 32.1. The van der Waals surface area contributed by atoms with Gasteiger partial charge in [0, 0.05) is 36.5 Å². The lowest BCUT2D eigenvalue weighted by atomic mass is 10.1. The Balaban J connectivity index is 1.36. The van der Waals surface area contributed by atoms with Gasteiger partial charge in [-0.05, 0) is 24.6 Å². The summed E-state index contributed by atoms with van der Waals surface area (Å²) in [4.78, 5) is 33.4. The van der Waals surface area contributed by atoms with E-state index in [2.05, 4.69) is 10.1 Å². The van der Waals surface area contributed by atoms with Gasteiger partial charge < -0.3 is 9.80 Å². The van der Waals surface area contributed by atoms with Crippen LogP contribution in [0.3, 0.4) is 0 Å². The molecule has 33 heavy (non-hydrogen) atoms. The first kappa shape index (κ1) is 21.6. The third kappa shape index (κ3) is 3.90. The quantitative estimate of drug-likeness (QED) is 0.544. The summed E-state index contributed by atoms with van der Waals surface area (Å²) in [7, 11) is 0. The van der Waals surface area contributed by atoms with E-state index in [4.69, 9.17) is 0 Å². The third-order valence-corrected chi connectivity index (χ3v) is 7.09. The summed E-state index contributed by atoms with van der Waals surface area (Å²) in [5.74, 6) is -4.58. The van der Waals surface area contributed by atoms with E-state index in [1.807, 2.05) is 12.3 Å². The number of thiazole rings is 1. The summed E-state index contributed by atoms with van der Waals surface area (Å²) >= 11 is 1.52. The molecule has 0 spiro atoms. The van der Waals surface area contributed by atoms with Crippen molar-refractivity contribution in [1.29, 1.82) is 0 Å². The summed E-state index contributed by atoms with van der Waals surface area (Å²) in [5, 5.41) is 7.21. The average Bonchev–Trinajstić information content (AvgIpc) is 3.50. The topological polar surface area (TPSA) is 71.3 Å². The molecule has 0 N–H and O–H groups in total. The first-order chi connectivity index (χ1) is 15.8. The fraction of sp³-hybridized carbons (Fsp3) is 0.364.